The number of benzene rings is 1. The van der Waals surface area contributed by atoms with Crippen molar-refractivity contribution in [3.63, 3.8) is 0 Å². The Morgan fingerprint density at radius 3 is 2.76 bits per heavy atom. The molecule has 2 aromatic heterocycles. The van der Waals surface area contributed by atoms with E-state index < -0.39 is 6.17 Å². The quantitative estimate of drug-likeness (QED) is 0.618. The number of ether oxygens (including phenoxy) is 1. The van der Waals surface area contributed by atoms with Crippen LogP contribution in [0.5, 0.6) is 5.75 Å². The van der Waals surface area contributed by atoms with Crippen molar-refractivity contribution < 1.29 is 14.2 Å². The molecule has 0 radical (unpaired) electrons. The summed E-state index contributed by atoms with van der Waals surface area (Å²) in [6, 6.07) is 5.89. The van der Waals surface area contributed by atoms with Crippen LogP contribution in [0.4, 0.5) is 10.2 Å². The molecule has 2 bridgehead atoms. The maximum atomic E-state index is 14.9. The first kappa shape index (κ1) is 20.6. The largest absolute Gasteiger partial charge is 0.507 e. The molecule has 4 atom stereocenters. The van der Waals surface area contributed by atoms with Crippen molar-refractivity contribution in [2.75, 3.05) is 25.2 Å². The number of piperidine rings is 1. The Bertz CT molecular complexity index is 1150. The minimum atomic E-state index is -0.923. The predicted molar refractivity (Wildman–Crippen MR) is 122 cm³/mol. The van der Waals surface area contributed by atoms with E-state index in [1.807, 2.05) is 35.0 Å². The molecule has 8 nitrogen and oxygen atoms in total. The van der Waals surface area contributed by atoms with Crippen LogP contribution in [0.2, 0.25) is 0 Å². The molecule has 3 aliphatic rings. The first-order chi connectivity index (χ1) is 16.1. The number of phenolic OH excluding ortho intramolecular Hbond substituents is 1. The molecule has 3 aliphatic heterocycles. The van der Waals surface area contributed by atoms with E-state index in [2.05, 4.69) is 20.4 Å². The molecular weight excluding hydrogens is 423 g/mol. The van der Waals surface area contributed by atoms with Crippen molar-refractivity contribution in [3.8, 4) is 28.1 Å². The van der Waals surface area contributed by atoms with Crippen LogP contribution in [0.25, 0.3) is 22.4 Å². The molecule has 172 valence electrons. The van der Waals surface area contributed by atoms with Gasteiger partial charge < -0.3 is 20.1 Å². The molecule has 33 heavy (non-hydrogen) atoms. The van der Waals surface area contributed by atoms with Crippen molar-refractivity contribution in [3.05, 3.63) is 43.0 Å². The summed E-state index contributed by atoms with van der Waals surface area (Å²) in [5.41, 5.74) is 2.98. The second kappa shape index (κ2) is 8.07. The lowest BCUT2D eigenvalue weighted by Gasteiger charge is -2.38. The number of hydrogen-bond acceptors (Lipinski definition) is 7. The molecule has 5 heterocycles. The summed E-state index contributed by atoms with van der Waals surface area (Å²) in [4.78, 5) is 11.0. The molecule has 3 fully saturated rings. The number of rotatable bonds is 5. The Balaban J connectivity index is 1.19. The van der Waals surface area contributed by atoms with Gasteiger partial charge in [-0.1, -0.05) is 6.07 Å². The molecule has 0 spiro atoms. The van der Waals surface area contributed by atoms with Gasteiger partial charge in [0.05, 0.1) is 49.6 Å². The predicted octanol–water partition coefficient (Wildman–Crippen LogP) is 2.95. The number of halogens is 1. The summed E-state index contributed by atoms with van der Waals surface area (Å²) in [5, 5.41) is 18.5. The maximum Gasteiger partial charge on any atom is 0.147 e. The average molecular weight is 451 g/mol. The lowest BCUT2D eigenvalue weighted by Crippen LogP contribution is -2.55. The number of nitrogens with one attached hydrogen (secondary N) is 1. The maximum absolute atomic E-state index is 14.9. The molecule has 3 aromatic rings. The molecule has 6 rings (SSSR count). The van der Waals surface area contributed by atoms with Gasteiger partial charge >= 0.3 is 0 Å². The van der Waals surface area contributed by atoms with Gasteiger partial charge in [-0.05, 0) is 37.0 Å². The van der Waals surface area contributed by atoms with Gasteiger partial charge in [0.15, 0.2) is 0 Å². The highest BCUT2D eigenvalue weighted by Crippen LogP contribution is 2.35. The standard InChI is InChI=1S/C24H27FN6O2/c1-30(21-7-16-3-5-19(29-16)24(21)25)23-10-26-20(9-27-23)18-4-2-14(6-22(18)32)15-8-28-31(11-15)17-12-33-13-17/h2,4,6,8-11,16-17,19,21,24,29,32H,3,5,7,12-13H2,1H3/t16?,19?,21-,24+/m0/s1. The highest BCUT2D eigenvalue weighted by Gasteiger charge is 2.43. The van der Waals surface area contributed by atoms with Crippen LogP contribution in [0.15, 0.2) is 43.0 Å². The van der Waals surface area contributed by atoms with E-state index in [-0.39, 0.29) is 23.9 Å². The van der Waals surface area contributed by atoms with Gasteiger partial charge in [-0.2, -0.15) is 5.10 Å². The number of aromatic hydroxyl groups is 1. The van der Waals surface area contributed by atoms with Crippen molar-refractivity contribution in [2.24, 2.45) is 0 Å². The van der Waals surface area contributed by atoms with Gasteiger partial charge in [-0.15, -0.1) is 0 Å². The van der Waals surface area contributed by atoms with E-state index in [1.54, 1.807) is 24.7 Å². The van der Waals surface area contributed by atoms with Crippen LogP contribution in [0, 0.1) is 0 Å². The van der Waals surface area contributed by atoms with Crippen LogP contribution in [0.3, 0.4) is 0 Å². The summed E-state index contributed by atoms with van der Waals surface area (Å²) in [6.07, 6.45) is 8.83. The Morgan fingerprint density at radius 2 is 2.03 bits per heavy atom. The number of aromatic nitrogens is 4. The molecule has 0 amide bonds. The SMILES string of the molecule is CN(c1cnc(-c2ccc(-c3cnn(C4COC4)c3)cc2O)cn1)[C@H]1CC2CCC(N2)[C@H]1F. The summed E-state index contributed by atoms with van der Waals surface area (Å²) in [5.74, 6) is 0.762. The summed E-state index contributed by atoms with van der Waals surface area (Å²) in [7, 11) is 1.88. The summed E-state index contributed by atoms with van der Waals surface area (Å²) >= 11 is 0. The van der Waals surface area contributed by atoms with Crippen LogP contribution < -0.4 is 10.2 Å². The fraction of sp³-hybridized carbons (Fsp3) is 0.458. The first-order valence-corrected chi connectivity index (χ1v) is 11.5. The molecule has 3 saturated heterocycles. The third-order valence-electron chi connectivity index (χ3n) is 7.25. The molecule has 9 heteroatoms. The smallest absolute Gasteiger partial charge is 0.147 e. The summed E-state index contributed by atoms with van der Waals surface area (Å²) < 4.78 is 22.0. The molecule has 2 unspecified atom stereocenters. The van der Waals surface area contributed by atoms with Crippen LogP contribution in [0.1, 0.15) is 25.3 Å². The van der Waals surface area contributed by atoms with Gasteiger partial charge in [0.25, 0.3) is 0 Å². The average Bonchev–Trinajstić information content (AvgIpc) is 3.43. The fourth-order valence-electron chi connectivity index (χ4n) is 5.15. The zero-order valence-corrected chi connectivity index (χ0v) is 18.4. The van der Waals surface area contributed by atoms with Crippen molar-refractivity contribution in [1.29, 1.82) is 0 Å². The van der Waals surface area contributed by atoms with E-state index in [1.165, 1.54) is 0 Å². The number of alkyl halides is 1. The molecule has 0 aliphatic carbocycles. The molecule has 0 saturated carbocycles. The highest BCUT2D eigenvalue weighted by molar-refractivity contribution is 5.73. The zero-order chi connectivity index (χ0) is 22.5. The Hall–Kier alpha value is -3.04. The topological polar surface area (TPSA) is 88.3 Å². The number of nitrogens with zero attached hydrogens (tertiary/aromatic N) is 5. The third-order valence-corrected chi connectivity index (χ3v) is 7.25. The van der Waals surface area contributed by atoms with Gasteiger partial charge in [0.1, 0.15) is 17.7 Å². The summed E-state index contributed by atoms with van der Waals surface area (Å²) in [6.45, 7) is 1.36. The van der Waals surface area contributed by atoms with Gasteiger partial charge in [-0.3, -0.25) is 9.67 Å². The van der Waals surface area contributed by atoms with Crippen LogP contribution >= 0.6 is 0 Å². The van der Waals surface area contributed by atoms with E-state index in [4.69, 9.17) is 4.74 Å². The van der Waals surface area contributed by atoms with E-state index in [0.717, 1.165) is 30.4 Å². The van der Waals surface area contributed by atoms with Gasteiger partial charge in [0.2, 0.25) is 0 Å². The van der Waals surface area contributed by atoms with Crippen LogP contribution in [-0.4, -0.2) is 69.4 Å². The Morgan fingerprint density at radius 1 is 1.15 bits per heavy atom. The molecule has 2 N–H and O–H groups in total. The van der Waals surface area contributed by atoms with Crippen molar-refractivity contribution >= 4 is 5.82 Å². The zero-order valence-electron chi connectivity index (χ0n) is 18.4. The highest BCUT2D eigenvalue weighted by atomic mass is 19.1. The minimum absolute atomic E-state index is 0.0620. The minimum Gasteiger partial charge on any atom is -0.507 e. The van der Waals surface area contributed by atoms with Gasteiger partial charge in [-0.25, -0.2) is 9.37 Å². The van der Waals surface area contributed by atoms with E-state index in [9.17, 15) is 9.50 Å². The second-order valence-corrected chi connectivity index (χ2v) is 9.30. The van der Waals surface area contributed by atoms with Crippen molar-refractivity contribution in [2.45, 2.75) is 49.6 Å². The number of phenols is 1. The Kier molecular flexibility index (Phi) is 5.03. The lowest BCUT2D eigenvalue weighted by molar-refractivity contribution is -0.0286. The third kappa shape index (κ3) is 3.65. The number of anilines is 1. The normalized spacial score (nSPS) is 26.8. The lowest BCUT2D eigenvalue weighted by atomic mass is 9.96. The van der Waals surface area contributed by atoms with Crippen molar-refractivity contribution in [1.82, 2.24) is 25.1 Å². The van der Waals surface area contributed by atoms with Gasteiger partial charge in [0, 0.05) is 36.5 Å². The van der Waals surface area contributed by atoms with E-state index in [0.29, 0.717) is 36.3 Å². The number of hydrogen-bond donors (Lipinski definition) is 2. The fourth-order valence-corrected chi connectivity index (χ4v) is 5.15. The van der Waals surface area contributed by atoms with E-state index >= 15 is 0 Å². The first-order valence-electron chi connectivity index (χ1n) is 11.5. The monoisotopic (exact) mass is 450 g/mol. The molecule has 1 aromatic carbocycles. The molecular formula is C24H27FN6O2. The van der Waals surface area contributed by atoms with Crippen LogP contribution in [-0.2, 0) is 4.74 Å². The Labute approximate surface area is 191 Å². The second-order valence-electron chi connectivity index (χ2n) is 9.30. The number of fused-ring (bicyclic) bond motifs is 2.